The van der Waals surface area contributed by atoms with Gasteiger partial charge in [0.05, 0.1) is 44.1 Å². The Morgan fingerprint density at radius 3 is 2.57 bits per heavy atom. The average Bonchev–Trinajstić information content (AvgIpc) is 3.25. The van der Waals surface area contributed by atoms with Gasteiger partial charge < -0.3 is 20.4 Å². The quantitative estimate of drug-likeness (QED) is 0.196. The van der Waals surface area contributed by atoms with Gasteiger partial charge in [-0.25, -0.2) is 14.4 Å². The smallest absolute Gasteiger partial charge is 0.322 e. The summed E-state index contributed by atoms with van der Waals surface area (Å²) in [5.74, 6) is -1.01. The van der Waals surface area contributed by atoms with Crippen molar-refractivity contribution in [2.45, 2.75) is 13.8 Å². The lowest BCUT2D eigenvalue weighted by Gasteiger charge is -2.13. The zero-order valence-electron chi connectivity index (χ0n) is 22.6. The van der Waals surface area contributed by atoms with E-state index in [9.17, 15) is 10.1 Å². The van der Waals surface area contributed by atoms with E-state index in [1.165, 1.54) is 24.5 Å². The van der Waals surface area contributed by atoms with Crippen molar-refractivity contribution in [2.75, 3.05) is 11.1 Å². The fourth-order valence-corrected chi connectivity index (χ4v) is 4.89. The molecule has 2 aromatic carbocycles. The van der Waals surface area contributed by atoms with Gasteiger partial charge in [0.2, 0.25) is 0 Å². The van der Waals surface area contributed by atoms with Gasteiger partial charge in [-0.15, -0.1) is 0 Å². The van der Waals surface area contributed by atoms with E-state index in [1.54, 1.807) is 49.7 Å². The number of hydrogen-bond acceptors (Lipinski definition) is 7. The van der Waals surface area contributed by atoms with E-state index in [4.69, 9.17) is 33.7 Å². The molecule has 0 atom stereocenters. The van der Waals surface area contributed by atoms with Crippen LogP contribution in [-0.4, -0.2) is 25.4 Å². The number of nitrogens with one attached hydrogen (secondary N) is 1. The van der Waals surface area contributed by atoms with Gasteiger partial charge in [0.1, 0.15) is 11.9 Å². The maximum absolute atomic E-state index is 15.5. The Kier molecular flexibility index (Phi) is 7.56. The molecular formula is C30H22Cl2FN7O2. The molecule has 0 aliphatic heterocycles. The summed E-state index contributed by atoms with van der Waals surface area (Å²) >= 11 is 12.7. The number of amides is 1. The normalized spacial score (nSPS) is 10.9. The van der Waals surface area contributed by atoms with Gasteiger partial charge in [-0.1, -0.05) is 35.8 Å². The Balaban J connectivity index is 1.69. The number of carbonyl (C=O) groups is 1. The summed E-state index contributed by atoms with van der Waals surface area (Å²) in [6, 6.07) is 11.5. The van der Waals surface area contributed by atoms with Crippen LogP contribution < -0.4 is 15.8 Å². The molecule has 3 N–H and O–H groups in total. The number of pyridine rings is 1. The summed E-state index contributed by atoms with van der Waals surface area (Å²) in [7, 11) is 1.75. The molecular weight excluding hydrogens is 580 g/mol. The second-order valence-electron chi connectivity index (χ2n) is 9.44. The Bertz CT molecular complexity index is 1980. The largest absolute Gasteiger partial charge is 0.421 e. The van der Waals surface area contributed by atoms with E-state index in [0.717, 1.165) is 0 Å². The van der Waals surface area contributed by atoms with Crippen LogP contribution in [0.15, 0.2) is 60.9 Å². The van der Waals surface area contributed by atoms with Gasteiger partial charge in [0, 0.05) is 35.6 Å². The molecule has 3 heterocycles. The molecule has 0 bridgehead atoms. The molecule has 9 nitrogen and oxygen atoms in total. The number of ether oxygens (including phenoxy) is 1. The number of halogens is 3. The van der Waals surface area contributed by atoms with Gasteiger partial charge in [0.25, 0.3) is 5.91 Å². The summed E-state index contributed by atoms with van der Waals surface area (Å²) in [4.78, 5) is 24.5. The van der Waals surface area contributed by atoms with E-state index in [1.807, 2.05) is 0 Å². The van der Waals surface area contributed by atoms with Crippen molar-refractivity contribution in [1.82, 2.24) is 19.5 Å². The molecule has 0 fully saturated rings. The number of nitrogens with two attached hydrogens (primary N) is 1. The predicted octanol–water partition coefficient (Wildman–Crippen LogP) is 7.21. The number of rotatable bonds is 6. The fraction of sp³-hybridized carbons (Fsp3) is 0.100. The van der Waals surface area contributed by atoms with Crippen LogP contribution in [0.5, 0.6) is 11.8 Å². The zero-order valence-corrected chi connectivity index (χ0v) is 24.1. The third-order valence-electron chi connectivity index (χ3n) is 6.55. The van der Waals surface area contributed by atoms with Gasteiger partial charge in [-0.3, -0.25) is 4.79 Å². The molecule has 42 heavy (non-hydrogen) atoms. The monoisotopic (exact) mass is 601 g/mol. The minimum atomic E-state index is -0.696. The standard InChI is InChI=1S/C30H22Cl2FN7O2/c1-14(2)29(41)39-18-6-7-19(20(31)10-18)27-24(25-26(40(27)4)17(11-34)12-36-28(25)35)16-5-8-23(22(33)9-16)42-30-37-13-21(32)15(3)38-30/h5-10,12-13H,1H2,2-4H3,(H2,35,36)(H,39,41). The number of fused-ring (bicyclic) bond motifs is 1. The van der Waals surface area contributed by atoms with Gasteiger partial charge in [-0.05, 0) is 49.7 Å². The Morgan fingerprint density at radius 1 is 1.17 bits per heavy atom. The Morgan fingerprint density at radius 2 is 1.93 bits per heavy atom. The van der Waals surface area contributed by atoms with Gasteiger partial charge in [-0.2, -0.15) is 10.2 Å². The topological polar surface area (TPSA) is 132 Å². The summed E-state index contributed by atoms with van der Waals surface area (Å²) < 4.78 is 22.9. The summed E-state index contributed by atoms with van der Waals surface area (Å²) in [6.07, 6.45) is 2.75. The molecule has 12 heteroatoms. The first-order valence-corrected chi connectivity index (χ1v) is 13.2. The van der Waals surface area contributed by atoms with Crippen LogP contribution in [-0.2, 0) is 11.8 Å². The predicted molar refractivity (Wildman–Crippen MR) is 161 cm³/mol. The highest BCUT2D eigenvalue weighted by Crippen LogP contribution is 2.46. The average molecular weight is 602 g/mol. The minimum absolute atomic E-state index is 0.0629. The summed E-state index contributed by atoms with van der Waals surface area (Å²) in [6.45, 7) is 6.92. The molecule has 1 amide bonds. The van der Waals surface area contributed by atoms with Crippen molar-refractivity contribution in [2.24, 2.45) is 7.05 Å². The first-order valence-electron chi connectivity index (χ1n) is 12.4. The third kappa shape index (κ3) is 5.11. The highest BCUT2D eigenvalue weighted by molar-refractivity contribution is 6.34. The molecule has 0 radical (unpaired) electrons. The van der Waals surface area contributed by atoms with Crippen LogP contribution in [0.2, 0.25) is 10.0 Å². The number of nitrogen functional groups attached to an aromatic ring is 1. The molecule has 5 rings (SSSR count). The SMILES string of the molecule is C=C(C)C(=O)Nc1ccc(-c2c(-c3ccc(Oc4ncc(Cl)c(C)n4)c(F)c3)c3c(N)ncc(C#N)c3n2C)c(Cl)c1. The number of benzene rings is 2. The first kappa shape index (κ1) is 28.5. The Labute approximate surface area is 250 Å². The summed E-state index contributed by atoms with van der Waals surface area (Å²) in [5.41, 5.74) is 10.4. The van der Waals surface area contributed by atoms with Crippen LogP contribution in [0.1, 0.15) is 18.2 Å². The van der Waals surface area contributed by atoms with E-state index < -0.39 is 5.82 Å². The number of carbonyl (C=O) groups excluding carboxylic acids is 1. The lowest BCUT2D eigenvalue weighted by Crippen LogP contribution is -2.11. The van der Waals surface area contributed by atoms with Crippen LogP contribution in [0.4, 0.5) is 15.9 Å². The third-order valence-corrected chi connectivity index (χ3v) is 7.23. The molecule has 0 spiro atoms. The lowest BCUT2D eigenvalue weighted by atomic mass is 9.97. The van der Waals surface area contributed by atoms with Crippen LogP contribution in [0, 0.1) is 24.1 Å². The number of nitriles is 1. The molecule has 0 saturated heterocycles. The van der Waals surface area contributed by atoms with Crippen molar-refractivity contribution in [3.63, 3.8) is 0 Å². The van der Waals surface area contributed by atoms with E-state index in [0.29, 0.717) is 60.3 Å². The fourth-order valence-electron chi connectivity index (χ4n) is 4.53. The Hall–Kier alpha value is -4.98. The van der Waals surface area contributed by atoms with Crippen molar-refractivity contribution in [1.29, 1.82) is 5.26 Å². The highest BCUT2D eigenvalue weighted by atomic mass is 35.5. The summed E-state index contributed by atoms with van der Waals surface area (Å²) in [5, 5.41) is 13.7. The first-order chi connectivity index (χ1) is 20.0. The lowest BCUT2D eigenvalue weighted by molar-refractivity contribution is -0.112. The maximum atomic E-state index is 15.5. The van der Waals surface area contributed by atoms with E-state index in [2.05, 4.69) is 32.9 Å². The van der Waals surface area contributed by atoms with Crippen molar-refractivity contribution >= 4 is 51.5 Å². The zero-order chi connectivity index (χ0) is 30.3. The van der Waals surface area contributed by atoms with Gasteiger partial charge in [0.15, 0.2) is 11.6 Å². The highest BCUT2D eigenvalue weighted by Gasteiger charge is 2.25. The number of anilines is 2. The second kappa shape index (κ2) is 11.1. The molecule has 0 aliphatic rings. The molecule has 210 valence electrons. The van der Waals surface area contributed by atoms with E-state index >= 15 is 4.39 Å². The number of hydrogen-bond donors (Lipinski definition) is 2. The second-order valence-corrected chi connectivity index (χ2v) is 10.3. The molecule has 5 aromatic rings. The van der Waals surface area contributed by atoms with E-state index in [-0.39, 0.29) is 29.0 Å². The van der Waals surface area contributed by atoms with Crippen molar-refractivity contribution in [3.8, 4) is 40.2 Å². The van der Waals surface area contributed by atoms with Crippen LogP contribution in [0.3, 0.4) is 0 Å². The number of aryl methyl sites for hydroxylation is 2. The minimum Gasteiger partial charge on any atom is -0.421 e. The van der Waals surface area contributed by atoms with Gasteiger partial charge >= 0.3 is 6.01 Å². The number of aromatic nitrogens is 4. The molecule has 0 aliphatic carbocycles. The number of nitrogens with zero attached hydrogens (tertiary/aromatic N) is 5. The van der Waals surface area contributed by atoms with Crippen LogP contribution >= 0.6 is 23.2 Å². The molecule has 0 saturated carbocycles. The molecule has 0 unspecified atom stereocenters. The maximum Gasteiger partial charge on any atom is 0.322 e. The molecule has 3 aromatic heterocycles. The van der Waals surface area contributed by atoms with Crippen molar-refractivity contribution in [3.05, 3.63) is 88.1 Å². The van der Waals surface area contributed by atoms with Crippen LogP contribution in [0.25, 0.3) is 33.3 Å². The van der Waals surface area contributed by atoms with Crippen molar-refractivity contribution < 1.29 is 13.9 Å².